The Morgan fingerprint density at radius 3 is 2.72 bits per heavy atom. The summed E-state index contributed by atoms with van der Waals surface area (Å²) in [6.45, 7) is 6.26. The average Bonchev–Trinajstić information content (AvgIpc) is 3.13. The van der Waals surface area contributed by atoms with Crippen LogP contribution >= 0.6 is 0 Å². The van der Waals surface area contributed by atoms with Gasteiger partial charge in [0.15, 0.2) is 5.69 Å². The van der Waals surface area contributed by atoms with Gasteiger partial charge in [0.1, 0.15) is 5.82 Å². The zero-order chi connectivity index (χ0) is 22.1. The predicted octanol–water partition coefficient (Wildman–Crippen LogP) is 3.52. The highest BCUT2D eigenvalue weighted by Gasteiger charge is 2.39. The number of nitrogens with zero attached hydrogens (tertiary/aromatic N) is 3. The van der Waals surface area contributed by atoms with E-state index in [0.29, 0.717) is 32.0 Å². The Labute approximate surface area is 186 Å². The van der Waals surface area contributed by atoms with Crippen molar-refractivity contribution >= 4 is 16.8 Å². The number of para-hydroxylation sites is 1. The fourth-order valence-electron chi connectivity index (χ4n) is 5.02. The zero-order valence-corrected chi connectivity index (χ0v) is 17.9. The lowest BCUT2D eigenvalue weighted by atomic mass is 9.89. The Morgan fingerprint density at radius 2 is 1.97 bits per heavy atom. The number of hydrogen-bond acceptors (Lipinski definition) is 4. The standard InChI is InChI=1S/C25H27FN4O2/c1-2-10-30-23-9-4-3-8-22(23)24(28-30)25(31)27-19-12-20-15-32-16-21(13-19)29(20)14-17-6-5-7-18(26)11-17/h2-9,11,19-21H,1,10,12-16H2,(H,27,31). The van der Waals surface area contributed by atoms with Crippen LogP contribution in [0.4, 0.5) is 4.39 Å². The molecule has 2 unspecified atom stereocenters. The second kappa shape index (κ2) is 8.84. The van der Waals surface area contributed by atoms with E-state index in [9.17, 15) is 9.18 Å². The summed E-state index contributed by atoms with van der Waals surface area (Å²) in [5.74, 6) is -0.360. The number of nitrogens with one attached hydrogen (secondary N) is 1. The van der Waals surface area contributed by atoms with Gasteiger partial charge in [0.25, 0.3) is 5.91 Å². The number of rotatable bonds is 6. The molecule has 1 N–H and O–H groups in total. The second-order valence-electron chi connectivity index (χ2n) is 8.63. The summed E-state index contributed by atoms with van der Waals surface area (Å²) in [4.78, 5) is 15.6. The third kappa shape index (κ3) is 4.06. The highest BCUT2D eigenvalue weighted by molar-refractivity contribution is 6.05. The van der Waals surface area contributed by atoms with E-state index in [1.165, 1.54) is 6.07 Å². The van der Waals surface area contributed by atoms with Crippen molar-refractivity contribution in [2.45, 2.75) is 44.1 Å². The van der Waals surface area contributed by atoms with Crippen LogP contribution in [0, 0.1) is 5.82 Å². The molecule has 1 amide bonds. The van der Waals surface area contributed by atoms with Crippen molar-refractivity contribution in [2.24, 2.45) is 0 Å². The van der Waals surface area contributed by atoms with Gasteiger partial charge in [-0.2, -0.15) is 5.10 Å². The number of carbonyl (C=O) groups excluding carboxylic acids is 1. The van der Waals surface area contributed by atoms with E-state index >= 15 is 0 Å². The normalized spacial score (nSPS) is 23.2. The Hall–Kier alpha value is -3.03. The lowest BCUT2D eigenvalue weighted by molar-refractivity contribution is -0.0843. The van der Waals surface area contributed by atoms with Crippen LogP contribution in [0.3, 0.4) is 0 Å². The number of morpholine rings is 1. The van der Waals surface area contributed by atoms with E-state index in [1.54, 1.807) is 22.9 Å². The van der Waals surface area contributed by atoms with Crippen molar-refractivity contribution < 1.29 is 13.9 Å². The van der Waals surface area contributed by atoms with Gasteiger partial charge in [-0.15, -0.1) is 6.58 Å². The number of carbonyl (C=O) groups is 1. The van der Waals surface area contributed by atoms with Gasteiger partial charge in [-0.25, -0.2) is 4.39 Å². The Kier molecular flexibility index (Phi) is 5.76. The summed E-state index contributed by atoms with van der Waals surface area (Å²) in [6, 6.07) is 15.0. The smallest absolute Gasteiger partial charge is 0.272 e. The van der Waals surface area contributed by atoms with E-state index in [-0.39, 0.29) is 29.8 Å². The molecule has 2 atom stereocenters. The second-order valence-corrected chi connectivity index (χ2v) is 8.63. The molecule has 7 heteroatoms. The molecule has 3 heterocycles. The Bertz CT molecular complexity index is 1130. The first kappa shape index (κ1) is 20.8. The van der Waals surface area contributed by atoms with Crippen molar-refractivity contribution in [2.75, 3.05) is 13.2 Å². The van der Waals surface area contributed by atoms with Crippen LogP contribution in [-0.4, -0.2) is 51.9 Å². The molecule has 0 spiro atoms. The fourth-order valence-corrected chi connectivity index (χ4v) is 5.02. The summed E-state index contributed by atoms with van der Waals surface area (Å²) in [5, 5.41) is 8.63. The lowest BCUT2D eigenvalue weighted by Gasteiger charge is -2.48. The zero-order valence-electron chi connectivity index (χ0n) is 17.9. The number of benzene rings is 2. The van der Waals surface area contributed by atoms with Crippen LogP contribution in [0.25, 0.3) is 10.9 Å². The molecule has 2 saturated heterocycles. The first-order valence-corrected chi connectivity index (χ1v) is 11.1. The molecule has 2 aliphatic rings. The van der Waals surface area contributed by atoms with Crippen molar-refractivity contribution in [3.8, 4) is 0 Å². The number of piperidine rings is 1. The van der Waals surface area contributed by atoms with Crippen LogP contribution in [0.2, 0.25) is 0 Å². The maximum Gasteiger partial charge on any atom is 0.272 e. The first-order chi connectivity index (χ1) is 15.6. The summed E-state index contributed by atoms with van der Waals surface area (Å²) in [5.41, 5.74) is 2.34. The summed E-state index contributed by atoms with van der Waals surface area (Å²) >= 11 is 0. The molecule has 166 valence electrons. The van der Waals surface area contributed by atoms with Crippen molar-refractivity contribution in [3.63, 3.8) is 0 Å². The largest absolute Gasteiger partial charge is 0.378 e. The predicted molar refractivity (Wildman–Crippen MR) is 121 cm³/mol. The van der Waals surface area contributed by atoms with Gasteiger partial charge in [0, 0.05) is 30.1 Å². The van der Waals surface area contributed by atoms with Gasteiger partial charge in [0.2, 0.25) is 0 Å². The van der Waals surface area contributed by atoms with E-state index in [2.05, 4.69) is 21.9 Å². The number of halogens is 1. The summed E-state index contributed by atoms with van der Waals surface area (Å²) in [7, 11) is 0. The monoisotopic (exact) mass is 434 g/mol. The maximum absolute atomic E-state index is 13.6. The molecule has 0 radical (unpaired) electrons. The molecule has 2 aromatic carbocycles. The molecule has 0 aliphatic carbocycles. The quantitative estimate of drug-likeness (QED) is 0.603. The van der Waals surface area contributed by atoms with E-state index in [4.69, 9.17) is 4.74 Å². The van der Waals surface area contributed by atoms with Gasteiger partial charge in [-0.3, -0.25) is 14.4 Å². The highest BCUT2D eigenvalue weighted by Crippen LogP contribution is 2.30. The number of amides is 1. The van der Waals surface area contributed by atoms with Crippen molar-refractivity contribution in [1.82, 2.24) is 20.0 Å². The van der Waals surface area contributed by atoms with Crippen LogP contribution in [-0.2, 0) is 17.8 Å². The van der Waals surface area contributed by atoms with Crippen molar-refractivity contribution in [1.29, 1.82) is 0 Å². The molecular weight excluding hydrogens is 407 g/mol. The van der Waals surface area contributed by atoms with Gasteiger partial charge in [-0.05, 0) is 36.6 Å². The highest BCUT2D eigenvalue weighted by atomic mass is 19.1. The third-order valence-electron chi connectivity index (χ3n) is 6.44. The molecule has 0 saturated carbocycles. The molecule has 2 fully saturated rings. The van der Waals surface area contributed by atoms with Crippen LogP contribution in [0.1, 0.15) is 28.9 Å². The van der Waals surface area contributed by atoms with Crippen molar-refractivity contribution in [3.05, 3.63) is 78.3 Å². The minimum absolute atomic E-state index is 0.0495. The van der Waals surface area contributed by atoms with Gasteiger partial charge in [0.05, 0.1) is 25.3 Å². The van der Waals surface area contributed by atoms with E-state index in [1.807, 2.05) is 30.3 Å². The molecule has 2 aliphatic heterocycles. The number of aromatic nitrogens is 2. The van der Waals surface area contributed by atoms with E-state index in [0.717, 1.165) is 29.3 Å². The van der Waals surface area contributed by atoms with Crippen LogP contribution in [0.5, 0.6) is 0 Å². The molecule has 1 aromatic heterocycles. The minimum atomic E-state index is -0.214. The van der Waals surface area contributed by atoms with E-state index < -0.39 is 0 Å². The Balaban J connectivity index is 1.31. The topological polar surface area (TPSA) is 59.4 Å². The number of ether oxygens (including phenoxy) is 1. The first-order valence-electron chi connectivity index (χ1n) is 11.1. The fraction of sp³-hybridized carbons (Fsp3) is 0.360. The molecule has 2 bridgehead atoms. The SMILES string of the molecule is C=CCn1nc(C(=O)NC2CC3COCC(C2)N3Cc2cccc(F)c2)c2ccccc21. The molecular formula is C25H27FN4O2. The summed E-state index contributed by atoms with van der Waals surface area (Å²) < 4.78 is 21.2. The summed E-state index contributed by atoms with van der Waals surface area (Å²) in [6.07, 6.45) is 3.36. The molecule has 6 nitrogen and oxygen atoms in total. The third-order valence-corrected chi connectivity index (χ3v) is 6.44. The average molecular weight is 435 g/mol. The Morgan fingerprint density at radius 1 is 1.19 bits per heavy atom. The number of fused-ring (bicyclic) bond motifs is 3. The molecule has 3 aromatic rings. The number of hydrogen-bond donors (Lipinski definition) is 1. The maximum atomic E-state index is 13.6. The van der Waals surface area contributed by atoms with Gasteiger partial charge < -0.3 is 10.1 Å². The van der Waals surface area contributed by atoms with Gasteiger partial charge >= 0.3 is 0 Å². The van der Waals surface area contributed by atoms with Crippen LogP contribution in [0.15, 0.2) is 61.2 Å². The number of allylic oxidation sites excluding steroid dienone is 1. The van der Waals surface area contributed by atoms with Crippen LogP contribution < -0.4 is 5.32 Å². The molecule has 32 heavy (non-hydrogen) atoms. The molecule has 5 rings (SSSR count). The van der Waals surface area contributed by atoms with Gasteiger partial charge in [-0.1, -0.05) is 36.4 Å². The minimum Gasteiger partial charge on any atom is -0.378 e. The lowest BCUT2D eigenvalue weighted by Crippen LogP contribution is -2.60.